The maximum Gasteiger partial charge on any atom is 0.262 e. The molecular weight excluding hydrogens is 450 g/mol. The fraction of sp³-hybridized carbons (Fsp3) is 0.269. The minimum atomic E-state index is -3.54. The number of carbonyl (C=O) groups excluding carboxylic acids is 1. The normalized spacial score (nSPS) is 11.7. The molecule has 0 fully saturated rings. The fourth-order valence-electron chi connectivity index (χ4n) is 4.00. The number of nitrogens with zero attached hydrogens (tertiary/aromatic N) is 1. The molecule has 0 saturated heterocycles. The van der Waals surface area contributed by atoms with Crippen LogP contribution in [-0.2, 0) is 21.4 Å². The highest BCUT2D eigenvalue weighted by Gasteiger charge is 2.14. The van der Waals surface area contributed by atoms with Crippen molar-refractivity contribution in [2.75, 3.05) is 18.5 Å². The monoisotopic (exact) mass is 479 g/mol. The van der Waals surface area contributed by atoms with E-state index < -0.39 is 10.0 Å². The van der Waals surface area contributed by atoms with E-state index in [4.69, 9.17) is 4.74 Å². The van der Waals surface area contributed by atoms with Gasteiger partial charge in [-0.15, -0.1) is 0 Å². The van der Waals surface area contributed by atoms with Crippen LogP contribution >= 0.6 is 0 Å². The van der Waals surface area contributed by atoms with Gasteiger partial charge in [0.25, 0.3) is 5.91 Å². The van der Waals surface area contributed by atoms with Crippen molar-refractivity contribution in [2.24, 2.45) is 0 Å². The van der Waals surface area contributed by atoms with Crippen molar-refractivity contribution < 1.29 is 17.9 Å². The zero-order valence-corrected chi connectivity index (χ0v) is 20.2. The van der Waals surface area contributed by atoms with Gasteiger partial charge in [-0.25, -0.2) is 13.1 Å². The standard InChI is InChI=1S/C26H29N3O4S/c1-3-5-16-27-34(31,32)21-13-11-20(12-14-21)33-18-26(30)28-19-10-15-25-23(17-19)22-8-6-7-9-24(22)29(25)4-2/h6-15,17,27H,3-5,16,18H2,1-2H3,(H,28,30). The number of para-hydroxylation sites is 1. The number of rotatable bonds is 10. The summed E-state index contributed by atoms with van der Waals surface area (Å²) in [5.74, 6) is 0.126. The lowest BCUT2D eigenvalue weighted by molar-refractivity contribution is -0.118. The number of carbonyl (C=O) groups is 1. The summed E-state index contributed by atoms with van der Waals surface area (Å²) in [6, 6.07) is 20.1. The second-order valence-corrected chi connectivity index (χ2v) is 9.82. The fourth-order valence-corrected chi connectivity index (χ4v) is 5.07. The number of hydrogen-bond acceptors (Lipinski definition) is 4. The van der Waals surface area contributed by atoms with Crippen molar-refractivity contribution in [1.29, 1.82) is 0 Å². The van der Waals surface area contributed by atoms with E-state index in [9.17, 15) is 13.2 Å². The Kier molecular flexibility index (Phi) is 7.19. The third-order valence-electron chi connectivity index (χ3n) is 5.70. The maximum absolute atomic E-state index is 12.5. The molecule has 1 heterocycles. The topological polar surface area (TPSA) is 89.4 Å². The molecule has 0 spiro atoms. The molecule has 1 aromatic heterocycles. The number of amides is 1. The van der Waals surface area contributed by atoms with E-state index in [0.29, 0.717) is 18.0 Å². The van der Waals surface area contributed by atoms with Crippen molar-refractivity contribution in [3.63, 3.8) is 0 Å². The molecule has 8 heteroatoms. The molecule has 0 bridgehead atoms. The van der Waals surface area contributed by atoms with Crippen LogP contribution in [0.15, 0.2) is 71.6 Å². The summed E-state index contributed by atoms with van der Waals surface area (Å²) in [6.45, 7) is 5.19. The van der Waals surface area contributed by atoms with Gasteiger partial charge in [-0.05, 0) is 61.9 Å². The van der Waals surface area contributed by atoms with Gasteiger partial charge in [-0.2, -0.15) is 0 Å². The molecule has 178 valence electrons. The van der Waals surface area contributed by atoms with Gasteiger partial charge in [-0.1, -0.05) is 31.5 Å². The number of unbranched alkanes of at least 4 members (excludes halogenated alkanes) is 1. The lowest BCUT2D eigenvalue weighted by Gasteiger charge is -2.10. The van der Waals surface area contributed by atoms with E-state index in [-0.39, 0.29) is 17.4 Å². The smallest absolute Gasteiger partial charge is 0.262 e. The number of anilines is 1. The summed E-state index contributed by atoms with van der Waals surface area (Å²) in [5, 5.41) is 5.11. The molecule has 1 amide bonds. The molecule has 0 saturated carbocycles. The molecule has 34 heavy (non-hydrogen) atoms. The Hall–Kier alpha value is -3.36. The van der Waals surface area contributed by atoms with Crippen molar-refractivity contribution in [3.05, 3.63) is 66.7 Å². The minimum Gasteiger partial charge on any atom is -0.484 e. The van der Waals surface area contributed by atoms with Crippen LogP contribution in [0.2, 0.25) is 0 Å². The SMILES string of the molecule is CCCCNS(=O)(=O)c1ccc(OCC(=O)Nc2ccc3c(c2)c2ccccc2n3CC)cc1. The van der Waals surface area contributed by atoms with E-state index in [1.165, 1.54) is 12.1 Å². The number of aryl methyl sites for hydroxylation is 1. The molecule has 4 aromatic rings. The van der Waals surface area contributed by atoms with Crippen LogP contribution in [0.3, 0.4) is 0 Å². The quantitative estimate of drug-likeness (QED) is 0.316. The third-order valence-corrected chi connectivity index (χ3v) is 7.18. The van der Waals surface area contributed by atoms with Crippen molar-refractivity contribution in [3.8, 4) is 5.75 Å². The van der Waals surface area contributed by atoms with Gasteiger partial charge in [0.1, 0.15) is 5.75 Å². The number of aromatic nitrogens is 1. The highest BCUT2D eigenvalue weighted by molar-refractivity contribution is 7.89. The van der Waals surface area contributed by atoms with Crippen LogP contribution in [0.4, 0.5) is 5.69 Å². The Bertz CT molecular complexity index is 1410. The summed E-state index contributed by atoms with van der Waals surface area (Å²) in [6.07, 6.45) is 1.69. The number of fused-ring (bicyclic) bond motifs is 3. The van der Waals surface area contributed by atoms with E-state index in [1.54, 1.807) is 12.1 Å². The second-order valence-electron chi connectivity index (χ2n) is 8.05. The van der Waals surface area contributed by atoms with E-state index >= 15 is 0 Å². The van der Waals surface area contributed by atoms with Gasteiger partial charge in [-0.3, -0.25) is 4.79 Å². The van der Waals surface area contributed by atoms with Gasteiger partial charge in [0.15, 0.2) is 6.61 Å². The van der Waals surface area contributed by atoms with Crippen molar-refractivity contribution >= 4 is 43.4 Å². The summed E-state index contributed by atoms with van der Waals surface area (Å²) in [5.41, 5.74) is 2.98. The lowest BCUT2D eigenvalue weighted by Crippen LogP contribution is -2.24. The zero-order chi connectivity index (χ0) is 24.1. The average Bonchev–Trinajstić information content (AvgIpc) is 3.16. The molecule has 0 aliphatic carbocycles. The van der Waals surface area contributed by atoms with Crippen LogP contribution in [0.25, 0.3) is 21.8 Å². The lowest BCUT2D eigenvalue weighted by atomic mass is 10.1. The summed E-state index contributed by atoms with van der Waals surface area (Å²) in [7, 11) is -3.54. The van der Waals surface area contributed by atoms with Crippen LogP contribution in [-0.4, -0.2) is 32.0 Å². The molecule has 3 aromatic carbocycles. The number of benzene rings is 3. The Labute approximate surface area is 199 Å². The van der Waals surface area contributed by atoms with Gasteiger partial charge in [0, 0.05) is 40.6 Å². The number of hydrogen-bond donors (Lipinski definition) is 2. The highest BCUT2D eigenvalue weighted by atomic mass is 32.2. The first-order valence-corrected chi connectivity index (χ1v) is 12.9. The van der Waals surface area contributed by atoms with Gasteiger partial charge >= 0.3 is 0 Å². The van der Waals surface area contributed by atoms with E-state index in [2.05, 4.69) is 33.7 Å². The predicted octanol–water partition coefficient (Wildman–Crippen LogP) is 4.91. The molecular formula is C26H29N3O4S. The largest absolute Gasteiger partial charge is 0.484 e. The number of ether oxygens (including phenoxy) is 1. The summed E-state index contributed by atoms with van der Waals surface area (Å²) < 4.78 is 34.9. The van der Waals surface area contributed by atoms with E-state index in [0.717, 1.165) is 41.2 Å². The third kappa shape index (κ3) is 5.08. The molecule has 0 radical (unpaired) electrons. The highest BCUT2D eigenvalue weighted by Crippen LogP contribution is 2.31. The van der Waals surface area contributed by atoms with Crippen molar-refractivity contribution in [2.45, 2.75) is 38.1 Å². The number of nitrogens with one attached hydrogen (secondary N) is 2. The summed E-state index contributed by atoms with van der Waals surface area (Å²) in [4.78, 5) is 12.6. The molecule has 0 unspecified atom stereocenters. The molecule has 2 N–H and O–H groups in total. The second kappa shape index (κ2) is 10.3. The van der Waals surface area contributed by atoms with Crippen LogP contribution < -0.4 is 14.8 Å². The van der Waals surface area contributed by atoms with E-state index in [1.807, 2.05) is 37.3 Å². The number of sulfonamides is 1. The maximum atomic E-state index is 12.5. The van der Waals surface area contributed by atoms with Crippen molar-refractivity contribution in [1.82, 2.24) is 9.29 Å². The Morgan fingerprint density at radius 2 is 1.68 bits per heavy atom. The molecule has 7 nitrogen and oxygen atoms in total. The Morgan fingerprint density at radius 1 is 0.941 bits per heavy atom. The van der Waals surface area contributed by atoms with Crippen LogP contribution in [0.1, 0.15) is 26.7 Å². The first kappa shape index (κ1) is 23.8. The summed E-state index contributed by atoms with van der Waals surface area (Å²) >= 11 is 0. The van der Waals surface area contributed by atoms with Crippen LogP contribution in [0, 0.1) is 0 Å². The molecule has 0 aliphatic rings. The Balaban J connectivity index is 1.40. The predicted molar refractivity (Wildman–Crippen MR) is 136 cm³/mol. The van der Waals surface area contributed by atoms with Gasteiger partial charge < -0.3 is 14.6 Å². The van der Waals surface area contributed by atoms with Gasteiger partial charge in [0.05, 0.1) is 4.90 Å². The first-order valence-electron chi connectivity index (χ1n) is 11.5. The zero-order valence-electron chi connectivity index (χ0n) is 19.4. The molecule has 0 aliphatic heterocycles. The molecule has 4 rings (SSSR count). The molecule has 0 atom stereocenters. The van der Waals surface area contributed by atoms with Gasteiger partial charge in [0.2, 0.25) is 10.0 Å². The average molecular weight is 480 g/mol. The minimum absolute atomic E-state index is 0.167. The van der Waals surface area contributed by atoms with Crippen LogP contribution in [0.5, 0.6) is 5.75 Å². The Morgan fingerprint density at radius 3 is 2.41 bits per heavy atom. The first-order chi connectivity index (χ1) is 16.4.